The molecule has 0 bridgehead atoms. The second-order valence-corrected chi connectivity index (χ2v) is 8.67. The summed E-state index contributed by atoms with van der Waals surface area (Å²) in [6.45, 7) is 3.87. The molecule has 0 aliphatic rings. The molecule has 0 aliphatic heterocycles. The fraction of sp³-hybridized carbons (Fsp3) is 0.235. The normalized spacial score (nSPS) is 12.2. The zero-order chi connectivity index (χ0) is 18.2. The molecule has 0 radical (unpaired) electrons. The number of hydrogen-bond donors (Lipinski definition) is 1. The van der Waals surface area contributed by atoms with Gasteiger partial charge < -0.3 is 0 Å². The third-order valence-electron chi connectivity index (χ3n) is 3.79. The van der Waals surface area contributed by atoms with E-state index in [1.807, 2.05) is 13.8 Å². The molecular weight excluding hydrogens is 363 g/mol. The van der Waals surface area contributed by atoms with Crippen LogP contribution in [-0.2, 0) is 16.6 Å². The third-order valence-corrected chi connectivity index (χ3v) is 6.11. The van der Waals surface area contributed by atoms with E-state index in [1.165, 1.54) is 36.4 Å². The van der Waals surface area contributed by atoms with E-state index >= 15 is 0 Å². The van der Waals surface area contributed by atoms with Crippen LogP contribution in [0.3, 0.4) is 0 Å². The summed E-state index contributed by atoms with van der Waals surface area (Å²) >= 11 is 1.03. The number of benzene rings is 2. The summed E-state index contributed by atoms with van der Waals surface area (Å²) in [6, 6.07) is 10.3. The van der Waals surface area contributed by atoms with Crippen molar-refractivity contribution in [3.63, 3.8) is 0 Å². The molecule has 0 atom stereocenters. The summed E-state index contributed by atoms with van der Waals surface area (Å²) in [7, 11) is -3.73. The maximum atomic E-state index is 12.9. The quantitative estimate of drug-likeness (QED) is 0.739. The minimum absolute atomic E-state index is 0.000285. The van der Waals surface area contributed by atoms with Gasteiger partial charge in [0.1, 0.15) is 5.82 Å². The van der Waals surface area contributed by atoms with Crippen LogP contribution >= 0.6 is 11.3 Å². The number of sulfonamides is 1. The van der Waals surface area contributed by atoms with Crippen LogP contribution < -0.4 is 9.60 Å². The largest absolute Gasteiger partial charge is 0.308 e. The molecule has 0 amide bonds. The van der Waals surface area contributed by atoms with Gasteiger partial charge in [-0.1, -0.05) is 23.5 Å². The lowest BCUT2D eigenvalue weighted by atomic mass is 10.2. The number of nitrogens with one attached hydrogen (secondary N) is 1. The molecule has 1 aromatic heterocycles. The molecule has 25 heavy (non-hydrogen) atoms. The minimum atomic E-state index is -3.73. The van der Waals surface area contributed by atoms with Gasteiger partial charge in [-0.05, 0) is 49.7 Å². The van der Waals surface area contributed by atoms with E-state index in [2.05, 4.69) is 4.72 Å². The Morgan fingerprint density at radius 2 is 1.84 bits per heavy atom. The van der Waals surface area contributed by atoms with Crippen molar-refractivity contribution in [1.82, 2.24) is 9.29 Å². The number of fused-ring (bicyclic) bond motifs is 1. The molecule has 0 spiro atoms. The van der Waals surface area contributed by atoms with Crippen LogP contribution in [0.1, 0.15) is 25.5 Å². The zero-order valence-corrected chi connectivity index (χ0v) is 15.3. The van der Waals surface area contributed by atoms with Gasteiger partial charge in [0.15, 0.2) is 0 Å². The lowest BCUT2D eigenvalue weighted by Crippen LogP contribution is -2.23. The molecule has 0 fully saturated rings. The van der Waals surface area contributed by atoms with Gasteiger partial charge in [0, 0.05) is 12.6 Å². The van der Waals surface area contributed by atoms with Crippen LogP contribution in [0.15, 0.2) is 52.2 Å². The lowest BCUT2D eigenvalue weighted by molar-refractivity contribution is 0.581. The van der Waals surface area contributed by atoms with E-state index in [4.69, 9.17) is 0 Å². The Morgan fingerprint density at radius 1 is 1.16 bits per heavy atom. The molecule has 5 nitrogen and oxygen atoms in total. The molecule has 3 rings (SSSR count). The molecule has 1 N–H and O–H groups in total. The first kappa shape index (κ1) is 17.8. The van der Waals surface area contributed by atoms with Crippen LogP contribution in [-0.4, -0.2) is 13.0 Å². The molecule has 3 aromatic rings. The van der Waals surface area contributed by atoms with Gasteiger partial charge in [0.05, 0.1) is 15.1 Å². The molecule has 1 heterocycles. The highest BCUT2D eigenvalue weighted by Gasteiger charge is 2.17. The molecule has 0 saturated heterocycles. The number of thiazole rings is 1. The topological polar surface area (TPSA) is 68.2 Å². The average Bonchev–Trinajstić information content (AvgIpc) is 2.89. The molecule has 0 saturated carbocycles. The first-order chi connectivity index (χ1) is 11.8. The first-order valence-corrected chi connectivity index (χ1v) is 9.97. The van der Waals surface area contributed by atoms with Crippen LogP contribution in [0.4, 0.5) is 4.39 Å². The molecule has 132 valence electrons. The highest BCUT2D eigenvalue weighted by molar-refractivity contribution is 7.89. The smallest absolute Gasteiger partial charge is 0.296 e. The predicted octanol–water partition coefficient (Wildman–Crippen LogP) is 3.26. The van der Waals surface area contributed by atoms with E-state index < -0.39 is 10.0 Å². The Labute approximate surface area is 148 Å². The van der Waals surface area contributed by atoms with Crippen molar-refractivity contribution < 1.29 is 12.8 Å². The van der Waals surface area contributed by atoms with Gasteiger partial charge in [0.25, 0.3) is 0 Å². The van der Waals surface area contributed by atoms with Crippen LogP contribution in [0.2, 0.25) is 0 Å². The Balaban J connectivity index is 1.89. The Kier molecular flexibility index (Phi) is 4.77. The van der Waals surface area contributed by atoms with E-state index in [-0.39, 0.29) is 28.2 Å². The Hall–Kier alpha value is -2.03. The third kappa shape index (κ3) is 3.65. The van der Waals surface area contributed by atoms with Crippen molar-refractivity contribution in [2.45, 2.75) is 31.3 Å². The highest BCUT2D eigenvalue weighted by Crippen LogP contribution is 2.24. The monoisotopic (exact) mass is 380 g/mol. The van der Waals surface area contributed by atoms with Crippen LogP contribution in [0.5, 0.6) is 0 Å². The van der Waals surface area contributed by atoms with E-state index in [0.29, 0.717) is 10.3 Å². The maximum absolute atomic E-state index is 12.9. The van der Waals surface area contributed by atoms with E-state index in [1.54, 1.807) is 10.6 Å². The second-order valence-electron chi connectivity index (χ2n) is 5.91. The number of aromatic nitrogens is 1. The molecular formula is C17H17FN2O3S2. The minimum Gasteiger partial charge on any atom is -0.296 e. The Morgan fingerprint density at radius 3 is 2.48 bits per heavy atom. The van der Waals surface area contributed by atoms with Gasteiger partial charge in [-0.3, -0.25) is 9.36 Å². The summed E-state index contributed by atoms with van der Waals surface area (Å²) in [5.41, 5.74) is 1.38. The summed E-state index contributed by atoms with van der Waals surface area (Å²) in [5.74, 6) is -0.373. The van der Waals surface area contributed by atoms with Crippen molar-refractivity contribution in [1.29, 1.82) is 0 Å². The fourth-order valence-corrected chi connectivity index (χ4v) is 4.71. The standard InChI is InChI=1S/C17H17FN2O3S2/c1-11(2)20-15-8-7-14(9-16(15)24-17(20)21)25(22,23)19-10-12-3-5-13(18)6-4-12/h3-9,11,19H,10H2,1-2H3. The van der Waals surface area contributed by atoms with E-state index in [9.17, 15) is 17.6 Å². The van der Waals surface area contributed by atoms with Crippen molar-refractivity contribution >= 4 is 31.6 Å². The lowest BCUT2D eigenvalue weighted by Gasteiger charge is -2.09. The van der Waals surface area contributed by atoms with Crippen molar-refractivity contribution in [2.75, 3.05) is 0 Å². The summed E-state index contributed by atoms with van der Waals surface area (Å²) < 4.78 is 42.6. The SMILES string of the molecule is CC(C)n1c(=O)sc2cc(S(=O)(=O)NCc3ccc(F)cc3)ccc21. The van der Waals surface area contributed by atoms with Gasteiger partial charge >= 0.3 is 4.87 Å². The fourth-order valence-electron chi connectivity index (χ4n) is 2.54. The molecule has 8 heteroatoms. The number of hydrogen-bond acceptors (Lipinski definition) is 4. The van der Waals surface area contributed by atoms with E-state index in [0.717, 1.165) is 16.9 Å². The zero-order valence-electron chi connectivity index (χ0n) is 13.7. The summed E-state index contributed by atoms with van der Waals surface area (Å²) in [5, 5.41) is 0. The van der Waals surface area contributed by atoms with Gasteiger partial charge in [-0.25, -0.2) is 17.5 Å². The van der Waals surface area contributed by atoms with Crippen molar-refractivity contribution in [2.24, 2.45) is 0 Å². The maximum Gasteiger partial charge on any atom is 0.308 e. The number of halogens is 1. The van der Waals surface area contributed by atoms with Gasteiger partial charge in [-0.2, -0.15) is 0 Å². The van der Waals surface area contributed by atoms with Crippen LogP contribution in [0, 0.1) is 5.82 Å². The van der Waals surface area contributed by atoms with Crippen molar-refractivity contribution in [3.8, 4) is 0 Å². The van der Waals surface area contributed by atoms with Gasteiger partial charge in [0.2, 0.25) is 10.0 Å². The Bertz CT molecular complexity index is 1070. The van der Waals surface area contributed by atoms with Crippen molar-refractivity contribution in [3.05, 3.63) is 63.5 Å². The summed E-state index contributed by atoms with van der Waals surface area (Å²) in [4.78, 5) is 12.0. The second kappa shape index (κ2) is 6.70. The number of nitrogens with zero attached hydrogens (tertiary/aromatic N) is 1. The highest BCUT2D eigenvalue weighted by atomic mass is 32.2. The average molecular weight is 380 g/mol. The molecule has 0 unspecified atom stereocenters. The first-order valence-electron chi connectivity index (χ1n) is 7.67. The van der Waals surface area contributed by atoms with Gasteiger partial charge in [-0.15, -0.1) is 0 Å². The van der Waals surface area contributed by atoms with Crippen LogP contribution in [0.25, 0.3) is 10.2 Å². The summed E-state index contributed by atoms with van der Waals surface area (Å²) in [6.07, 6.45) is 0. The number of rotatable bonds is 5. The predicted molar refractivity (Wildman–Crippen MR) is 96.9 cm³/mol. The molecule has 0 aliphatic carbocycles. The molecule has 2 aromatic carbocycles.